The van der Waals surface area contributed by atoms with Gasteiger partial charge in [0.1, 0.15) is 0 Å². The number of benzene rings is 2. The SMILES string of the molecule is CC[SiH](CCCO)c1cccc2ccccc12. The summed E-state index contributed by atoms with van der Waals surface area (Å²) >= 11 is 0. The smallest absolute Gasteiger partial charge is 0.0714 e. The summed E-state index contributed by atoms with van der Waals surface area (Å²) in [6.07, 6.45) is 0.952. The first-order chi connectivity index (χ1) is 8.36. The van der Waals surface area contributed by atoms with Crippen molar-refractivity contribution in [3.05, 3.63) is 42.5 Å². The van der Waals surface area contributed by atoms with Crippen LogP contribution in [-0.2, 0) is 0 Å². The van der Waals surface area contributed by atoms with Crippen molar-refractivity contribution in [3.63, 3.8) is 0 Å². The molecule has 0 aliphatic heterocycles. The van der Waals surface area contributed by atoms with Gasteiger partial charge in [0, 0.05) is 6.61 Å². The number of rotatable bonds is 5. The van der Waals surface area contributed by atoms with Crippen LogP contribution < -0.4 is 5.19 Å². The summed E-state index contributed by atoms with van der Waals surface area (Å²) in [4.78, 5) is 0. The minimum atomic E-state index is -0.899. The molecule has 1 N–H and O–H groups in total. The van der Waals surface area contributed by atoms with Crippen molar-refractivity contribution < 1.29 is 5.11 Å². The van der Waals surface area contributed by atoms with Gasteiger partial charge in [-0.15, -0.1) is 0 Å². The quantitative estimate of drug-likeness (QED) is 0.802. The summed E-state index contributed by atoms with van der Waals surface area (Å²) in [5.74, 6) is 0. The molecular formula is C15H20OSi. The van der Waals surface area contributed by atoms with Crippen LogP contribution in [0.25, 0.3) is 10.8 Å². The van der Waals surface area contributed by atoms with Crippen molar-refractivity contribution in [2.45, 2.75) is 25.4 Å². The Labute approximate surface area is 105 Å². The Morgan fingerprint density at radius 1 is 1.06 bits per heavy atom. The molecule has 0 amide bonds. The standard InChI is InChI=1S/C15H20OSi/c1-2-17(12-6-11-16)15-10-5-8-13-7-3-4-9-14(13)15/h3-5,7-10,16-17H,2,6,11-12H2,1H3. The zero-order chi connectivity index (χ0) is 12.1. The number of aliphatic hydroxyl groups is 1. The number of fused-ring (bicyclic) bond motifs is 1. The van der Waals surface area contributed by atoms with E-state index in [0.717, 1.165) is 6.42 Å². The molecule has 2 aromatic rings. The molecule has 2 heteroatoms. The van der Waals surface area contributed by atoms with Crippen LogP contribution in [0, 0.1) is 0 Å². The Hall–Kier alpha value is -1.12. The Kier molecular flexibility index (Phi) is 4.34. The van der Waals surface area contributed by atoms with E-state index >= 15 is 0 Å². The fraction of sp³-hybridized carbons (Fsp3) is 0.333. The highest BCUT2D eigenvalue weighted by Crippen LogP contribution is 2.14. The Morgan fingerprint density at radius 3 is 2.59 bits per heavy atom. The van der Waals surface area contributed by atoms with Gasteiger partial charge >= 0.3 is 0 Å². The third-order valence-corrected chi connectivity index (χ3v) is 6.94. The van der Waals surface area contributed by atoms with Crippen molar-refractivity contribution in [1.82, 2.24) is 0 Å². The van der Waals surface area contributed by atoms with Crippen molar-refractivity contribution in [3.8, 4) is 0 Å². The van der Waals surface area contributed by atoms with Crippen molar-refractivity contribution in [1.29, 1.82) is 0 Å². The van der Waals surface area contributed by atoms with Gasteiger partial charge in [-0.3, -0.25) is 0 Å². The Morgan fingerprint density at radius 2 is 1.82 bits per heavy atom. The van der Waals surface area contributed by atoms with Gasteiger partial charge in [-0.1, -0.05) is 66.7 Å². The van der Waals surface area contributed by atoms with Gasteiger partial charge in [-0.2, -0.15) is 0 Å². The highest BCUT2D eigenvalue weighted by molar-refractivity contribution is 6.75. The lowest BCUT2D eigenvalue weighted by atomic mass is 10.1. The Bertz CT molecular complexity index is 476. The molecule has 0 radical (unpaired) electrons. The second-order valence-electron chi connectivity index (χ2n) is 4.54. The van der Waals surface area contributed by atoms with Crippen molar-refractivity contribution >= 4 is 24.8 Å². The van der Waals surface area contributed by atoms with Crippen LogP contribution in [-0.4, -0.2) is 20.5 Å². The number of aliphatic hydroxyl groups excluding tert-OH is 1. The summed E-state index contributed by atoms with van der Waals surface area (Å²) in [7, 11) is -0.899. The minimum Gasteiger partial charge on any atom is -0.396 e. The molecule has 1 atom stereocenters. The molecule has 0 aliphatic carbocycles. The molecule has 0 bridgehead atoms. The van der Waals surface area contributed by atoms with Crippen molar-refractivity contribution in [2.75, 3.05) is 6.61 Å². The first-order valence-corrected chi connectivity index (χ1v) is 8.66. The van der Waals surface area contributed by atoms with E-state index in [1.807, 2.05) is 0 Å². The third kappa shape index (κ3) is 2.76. The summed E-state index contributed by atoms with van der Waals surface area (Å²) in [5, 5.41) is 13.3. The van der Waals surface area contributed by atoms with Gasteiger partial charge in [-0.05, 0) is 17.2 Å². The lowest BCUT2D eigenvalue weighted by Crippen LogP contribution is -2.29. The van der Waals surface area contributed by atoms with Crippen LogP contribution in [0.1, 0.15) is 13.3 Å². The predicted molar refractivity (Wildman–Crippen MR) is 77.7 cm³/mol. The maximum atomic E-state index is 8.99. The third-order valence-electron chi connectivity index (χ3n) is 3.47. The molecule has 17 heavy (non-hydrogen) atoms. The van der Waals surface area contributed by atoms with Crippen LogP contribution in [0.2, 0.25) is 12.1 Å². The van der Waals surface area contributed by atoms with E-state index in [0.29, 0.717) is 6.61 Å². The molecule has 0 aromatic heterocycles. The summed E-state index contributed by atoms with van der Waals surface area (Å²) in [6, 6.07) is 17.8. The largest absolute Gasteiger partial charge is 0.396 e. The fourth-order valence-electron chi connectivity index (χ4n) is 2.52. The average molecular weight is 244 g/mol. The lowest BCUT2D eigenvalue weighted by molar-refractivity contribution is 0.294. The zero-order valence-corrected chi connectivity index (χ0v) is 11.5. The van der Waals surface area contributed by atoms with Gasteiger partial charge in [0.2, 0.25) is 0 Å². The molecule has 1 unspecified atom stereocenters. The lowest BCUT2D eigenvalue weighted by Gasteiger charge is -2.15. The van der Waals surface area contributed by atoms with E-state index in [4.69, 9.17) is 5.11 Å². The van der Waals surface area contributed by atoms with Gasteiger partial charge in [0.25, 0.3) is 0 Å². The second-order valence-corrected chi connectivity index (χ2v) is 7.95. The number of hydrogen-bond donors (Lipinski definition) is 1. The maximum Gasteiger partial charge on any atom is 0.0714 e. The van der Waals surface area contributed by atoms with Gasteiger partial charge in [0.15, 0.2) is 0 Å². The van der Waals surface area contributed by atoms with Crippen LogP contribution in [0.5, 0.6) is 0 Å². The maximum absolute atomic E-state index is 8.99. The minimum absolute atomic E-state index is 0.328. The molecule has 90 valence electrons. The van der Waals surface area contributed by atoms with Gasteiger partial charge in [-0.25, -0.2) is 0 Å². The van der Waals surface area contributed by atoms with Crippen molar-refractivity contribution in [2.24, 2.45) is 0 Å². The monoisotopic (exact) mass is 244 g/mol. The molecule has 0 heterocycles. The van der Waals surface area contributed by atoms with Crippen LogP contribution >= 0.6 is 0 Å². The van der Waals surface area contributed by atoms with Crippen LogP contribution in [0.15, 0.2) is 42.5 Å². The van der Waals surface area contributed by atoms with Crippen LogP contribution in [0.4, 0.5) is 0 Å². The molecule has 1 nitrogen and oxygen atoms in total. The average Bonchev–Trinajstić information content (AvgIpc) is 2.40. The normalized spacial score (nSPS) is 12.8. The van der Waals surface area contributed by atoms with E-state index in [1.54, 1.807) is 5.19 Å². The fourth-order valence-corrected chi connectivity index (χ4v) is 5.44. The molecule has 2 rings (SSSR count). The molecular weight excluding hydrogens is 224 g/mol. The summed E-state index contributed by atoms with van der Waals surface area (Å²) in [6.45, 7) is 2.62. The molecule has 2 aromatic carbocycles. The molecule has 0 spiro atoms. The summed E-state index contributed by atoms with van der Waals surface area (Å²) in [5.41, 5.74) is 0. The molecule has 0 saturated carbocycles. The highest BCUT2D eigenvalue weighted by atomic mass is 28.3. The predicted octanol–water partition coefficient (Wildman–Crippen LogP) is 2.68. The summed E-state index contributed by atoms with van der Waals surface area (Å²) < 4.78 is 0. The van der Waals surface area contributed by atoms with Crippen LogP contribution in [0.3, 0.4) is 0 Å². The molecule has 0 fully saturated rings. The number of hydrogen-bond acceptors (Lipinski definition) is 1. The van der Waals surface area contributed by atoms with E-state index in [1.165, 1.54) is 22.9 Å². The molecule has 0 aliphatic rings. The van der Waals surface area contributed by atoms with Gasteiger partial charge in [0.05, 0.1) is 8.80 Å². The topological polar surface area (TPSA) is 20.2 Å². The zero-order valence-electron chi connectivity index (χ0n) is 10.4. The van der Waals surface area contributed by atoms with E-state index in [-0.39, 0.29) is 0 Å². The molecule has 0 saturated heterocycles. The first-order valence-electron chi connectivity index (χ1n) is 6.45. The van der Waals surface area contributed by atoms with Gasteiger partial charge < -0.3 is 5.11 Å². The van der Waals surface area contributed by atoms with E-state index in [9.17, 15) is 0 Å². The van der Waals surface area contributed by atoms with E-state index in [2.05, 4.69) is 49.4 Å². The first kappa shape index (κ1) is 12.3. The highest BCUT2D eigenvalue weighted by Gasteiger charge is 2.13. The van der Waals surface area contributed by atoms with E-state index < -0.39 is 8.80 Å². The second kappa shape index (κ2) is 5.99. The Balaban J connectivity index is 2.38.